The van der Waals surface area contributed by atoms with Gasteiger partial charge in [-0.2, -0.15) is 0 Å². The molecule has 1 aliphatic heterocycles. The molecule has 2 heterocycles. The molecule has 1 aromatic heterocycles. The van der Waals surface area contributed by atoms with Gasteiger partial charge in [0, 0.05) is 29.6 Å². The lowest BCUT2D eigenvalue weighted by atomic mass is 9.98. The zero-order valence-corrected chi connectivity index (χ0v) is 11.2. The minimum atomic E-state index is 0.664. The van der Waals surface area contributed by atoms with Crippen LogP contribution in [0.25, 0.3) is 0 Å². The van der Waals surface area contributed by atoms with Gasteiger partial charge in [-0.25, -0.2) is 0 Å². The summed E-state index contributed by atoms with van der Waals surface area (Å²) in [5.41, 5.74) is 2.80. The Balaban J connectivity index is 1.47. The molecule has 0 saturated heterocycles. The summed E-state index contributed by atoms with van der Waals surface area (Å²) in [5, 5.41) is 9.14. The van der Waals surface area contributed by atoms with Crippen molar-refractivity contribution in [1.82, 2.24) is 5.32 Å². The van der Waals surface area contributed by atoms with Crippen LogP contribution in [0.5, 0.6) is 0 Å². The zero-order valence-electron chi connectivity index (χ0n) is 10.4. The number of para-hydroxylation sites is 1. The summed E-state index contributed by atoms with van der Waals surface area (Å²) in [6, 6.07) is 13.0. The quantitative estimate of drug-likeness (QED) is 0.803. The molecule has 1 atom stereocenters. The Morgan fingerprint density at radius 3 is 3.06 bits per heavy atom. The van der Waals surface area contributed by atoms with Crippen LogP contribution in [0.2, 0.25) is 0 Å². The van der Waals surface area contributed by atoms with Crippen molar-refractivity contribution in [3.05, 3.63) is 52.2 Å². The lowest BCUT2D eigenvalue weighted by Crippen LogP contribution is -2.17. The van der Waals surface area contributed by atoms with Crippen LogP contribution >= 0.6 is 11.3 Å². The van der Waals surface area contributed by atoms with Crippen molar-refractivity contribution < 1.29 is 0 Å². The first-order valence-corrected chi connectivity index (χ1v) is 7.37. The van der Waals surface area contributed by atoms with Gasteiger partial charge >= 0.3 is 0 Å². The topological polar surface area (TPSA) is 24.1 Å². The van der Waals surface area contributed by atoms with Gasteiger partial charge in [-0.05, 0) is 36.0 Å². The Bertz CT molecular complexity index is 493. The first-order chi connectivity index (χ1) is 8.93. The molecule has 0 saturated carbocycles. The SMILES string of the molecule is c1csc(CNCCC2CNc3ccccc32)c1. The molecule has 0 amide bonds. The van der Waals surface area contributed by atoms with Crippen molar-refractivity contribution >= 4 is 17.0 Å². The summed E-state index contributed by atoms with van der Waals surface area (Å²) < 4.78 is 0. The predicted octanol–water partition coefficient (Wildman–Crippen LogP) is 3.44. The van der Waals surface area contributed by atoms with Crippen molar-refractivity contribution in [3.8, 4) is 0 Å². The summed E-state index contributed by atoms with van der Waals surface area (Å²) >= 11 is 1.82. The maximum atomic E-state index is 3.53. The average molecular weight is 258 g/mol. The van der Waals surface area contributed by atoms with Crippen LogP contribution in [0.3, 0.4) is 0 Å². The summed E-state index contributed by atoms with van der Waals surface area (Å²) in [6.45, 7) is 3.16. The molecule has 1 aliphatic rings. The molecule has 3 heteroatoms. The van der Waals surface area contributed by atoms with Crippen molar-refractivity contribution in [2.45, 2.75) is 18.9 Å². The fourth-order valence-electron chi connectivity index (χ4n) is 2.52. The predicted molar refractivity (Wildman–Crippen MR) is 78.3 cm³/mol. The van der Waals surface area contributed by atoms with Gasteiger partial charge in [0.15, 0.2) is 0 Å². The summed E-state index contributed by atoms with van der Waals surface area (Å²) in [5.74, 6) is 0.664. The second kappa shape index (κ2) is 5.55. The normalized spacial score (nSPS) is 17.4. The molecule has 18 heavy (non-hydrogen) atoms. The van der Waals surface area contributed by atoms with Gasteiger partial charge in [-0.15, -0.1) is 11.3 Å². The first kappa shape index (κ1) is 11.8. The molecule has 2 nitrogen and oxygen atoms in total. The Morgan fingerprint density at radius 2 is 2.17 bits per heavy atom. The molecule has 3 rings (SSSR count). The van der Waals surface area contributed by atoms with Crippen LogP contribution < -0.4 is 10.6 Å². The van der Waals surface area contributed by atoms with Crippen molar-refractivity contribution in [1.29, 1.82) is 0 Å². The largest absolute Gasteiger partial charge is 0.384 e. The van der Waals surface area contributed by atoms with E-state index >= 15 is 0 Å². The number of rotatable bonds is 5. The molecule has 0 fully saturated rings. The molecule has 2 aromatic rings. The zero-order chi connectivity index (χ0) is 12.2. The molecule has 2 N–H and O–H groups in total. The highest BCUT2D eigenvalue weighted by molar-refractivity contribution is 7.09. The molecule has 1 aromatic carbocycles. The van der Waals surface area contributed by atoms with Crippen LogP contribution in [0.4, 0.5) is 5.69 Å². The van der Waals surface area contributed by atoms with E-state index < -0.39 is 0 Å². The highest BCUT2D eigenvalue weighted by Crippen LogP contribution is 2.32. The fraction of sp³-hybridized carbons (Fsp3) is 0.333. The van der Waals surface area contributed by atoms with Gasteiger partial charge in [-0.1, -0.05) is 24.3 Å². The Hall–Kier alpha value is -1.32. The van der Waals surface area contributed by atoms with Gasteiger partial charge in [0.05, 0.1) is 0 Å². The number of hydrogen-bond donors (Lipinski definition) is 2. The van der Waals surface area contributed by atoms with Crippen LogP contribution in [-0.4, -0.2) is 13.1 Å². The van der Waals surface area contributed by atoms with E-state index in [9.17, 15) is 0 Å². The van der Waals surface area contributed by atoms with Crippen molar-refractivity contribution in [2.75, 3.05) is 18.4 Å². The van der Waals surface area contributed by atoms with Crippen LogP contribution in [0.15, 0.2) is 41.8 Å². The van der Waals surface area contributed by atoms with Gasteiger partial charge in [-0.3, -0.25) is 0 Å². The van der Waals surface area contributed by atoms with Crippen LogP contribution in [0.1, 0.15) is 22.8 Å². The first-order valence-electron chi connectivity index (χ1n) is 6.49. The fourth-order valence-corrected chi connectivity index (χ4v) is 3.19. The van der Waals surface area contributed by atoms with Gasteiger partial charge in [0.1, 0.15) is 0 Å². The van der Waals surface area contributed by atoms with E-state index in [0.29, 0.717) is 5.92 Å². The van der Waals surface area contributed by atoms with Gasteiger partial charge < -0.3 is 10.6 Å². The third-order valence-corrected chi connectivity index (χ3v) is 4.36. The molecular formula is C15H18N2S. The van der Waals surface area contributed by atoms with Crippen LogP contribution in [-0.2, 0) is 6.54 Å². The Morgan fingerprint density at radius 1 is 1.22 bits per heavy atom. The lowest BCUT2D eigenvalue weighted by molar-refractivity contribution is 0.595. The molecule has 1 unspecified atom stereocenters. The maximum Gasteiger partial charge on any atom is 0.0376 e. The maximum absolute atomic E-state index is 3.53. The molecule has 0 radical (unpaired) electrons. The molecule has 0 bridgehead atoms. The Kier molecular flexibility index (Phi) is 3.62. The number of anilines is 1. The summed E-state index contributed by atoms with van der Waals surface area (Å²) in [6.07, 6.45) is 1.20. The van der Waals surface area contributed by atoms with Crippen LogP contribution in [0, 0.1) is 0 Å². The van der Waals surface area contributed by atoms with E-state index in [1.165, 1.54) is 22.5 Å². The highest BCUT2D eigenvalue weighted by atomic mass is 32.1. The van der Waals surface area contributed by atoms with Gasteiger partial charge in [0.2, 0.25) is 0 Å². The highest BCUT2D eigenvalue weighted by Gasteiger charge is 2.20. The van der Waals surface area contributed by atoms with E-state index in [2.05, 4.69) is 52.4 Å². The van der Waals surface area contributed by atoms with E-state index in [1.54, 1.807) is 0 Å². The minimum absolute atomic E-state index is 0.664. The van der Waals surface area contributed by atoms with E-state index in [4.69, 9.17) is 0 Å². The van der Waals surface area contributed by atoms with E-state index in [-0.39, 0.29) is 0 Å². The van der Waals surface area contributed by atoms with E-state index in [0.717, 1.165) is 19.6 Å². The number of benzene rings is 1. The summed E-state index contributed by atoms with van der Waals surface area (Å²) in [4.78, 5) is 1.42. The van der Waals surface area contributed by atoms with Crippen molar-refractivity contribution in [3.63, 3.8) is 0 Å². The standard InChI is InChI=1S/C15H18N2S/c1-2-6-15-14(5-1)12(10-17-15)7-8-16-11-13-4-3-9-18-13/h1-6,9,12,16-17H,7-8,10-11H2. The third kappa shape index (κ3) is 2.57. The molecule has 94 valence electrons. The van der Waals surface area contributed by atoms with Gasteiger partial charge in [0.25, 0.3) is 0 Å². The van der Waals surface area contributed by atoms with Crippen molar-refractivity contribution in [2.24, 2.45) is 0 Å². The number of fused-ring (bicyclic) bond motifs is 1. The minimum Gasteiger partial charge on any atom is -0.384 e. The number of hydrogen-bond acceptors (Lipinski definition) is 3. The third-order valence-electron chi connectivity index (χ3n) is 3.49. The Labute approximate surface area is 112 Å². The number of nitrogens with one attached hydrogen (secondary N) is 2. The second-order valence-corrected chi connectivity index (χ2v) is 5.74. The smallest absolute Gasteiger partial charge is 0.0376 e. The molecule has 0 aliphatic carbocycles. The molecular weight excluding hydrogens is 240 g/mol. The van der Waals surface area contributed by atoms with E-state index in [1.807, 2.05) is 11.3 Å². The average Bonchev–Trinajstić information content (AvgIpc) is 3.04. The monoisotopic (exact) mass is 258 g/mol. The number of thiophene rings is 1. The second-order valence-electron chi connectivity index (χ2n) is 4.71. The lowest BCUT2D eigenvalue weighted by Gasteiger charge is -2.10. The summed E-state index contributed by atoms with van der Waals surface area (Å²) in [7, 11) is 0. The molecule has 0 spiro atoms.